The van der Waals surface area contributed by atoms with Crippen molar-refractivity contribution in [3.8, 4) is 0 Å². The summed E-state index contributed by atoms with van der Waals surface area (Å²) in [6, 6.07) is 5.02. The Labute approximate surface area is 121 Å². The van der Waals surface area contributed by atoms with E-state index in [4.69, 9.17) is 0 Å². The van der Waals surface area contributed by atoms with Crippen LogP contribution in [0.25, 0.3) is 0 Å². The first-order valence-corrected chi connectivity index (χ1v) is 7.40. The van der Waals surface area contributed by atoms with Crippen LogP contribution in [0.5, 0.6) is 0 Å². The number of amides is 1. The summed E-state index contributed by atoms with van der Waals surface area (Å²) < 4.78 is 14.4. The normalized spacial score (nSPS) is 18.6. The van der Waals surface area contributed by atoms with Gasteiger partial charge in [0.1, 0.15) is 5.82 Å². The van der Waals surface area contributed by atoms with Gasteiger partial charge in [-0.05, 0) is 47.4 Å². The lowest BCUT2D eigenvalue weighted by Crippen LogP contribution is -2.42. The van der Waals surface area contributed by atoms with Gasteiger partial charge in [0, 0.05) is 19.1 Å². The van der Waals surface area contributed by atoms with E-state index < -0.39 is 5.82 Å². The van der Waals surface area contributed by atoms with Gasteiger partial charge in [-0.15, -0.1) is 0 Å². The molecule has 1 atom stereocenters. The van der Waals surface area contributed by atoms with Crippen molar-refractivity contribution >= 4 is 21.8 Å². The molecule has 0 saturated carbocycles. The van der Waals surface area contributed by atoms with Gasteiger partial charge in [0.25, 0.3) is 5.91 Å². The number of nitrogens with one attached hydrogen (secondary N) is 1. The molecule has 1 heterocycles. The Morgan fingerprint density at radius 3 is 3.00 bits per heavy atom. The zero-order valence-electron chi connectivity index (χ0n) is 11.0. The predicted octanol–water partition coefficient (Wildman–Crippen LogP) is 2.80. The van der Waals surface area contributed by atoms with Crippen molar-refractivity contribution in [2.45, 2.75) is 25.8 Å². The third-order valence-electron chi connectivity index (χ3n) is 3.38. The highest BCUT2D eigenvalue weighted by Gasteiger charge is 2.28. The molecule has 0 aromatic heterocycles. The Morgan fingerprint density at radius 2 is 2.37 bits per heavy atom. The molecule has 2 rings (SSSR count). The summed E-state index contributed by atoms with van der Waals surface area (Å²) >= 11 is 3.13. The van der Waals surface area contributed by atoms with E-state index in [-0.39, 0.29) is 17.5 Å². The molecule has 1 fully saturated rings. The van der Waals surface area contributed by atoms with Crippen molar-refractivity contribution in [3.05, 3.63) is 34.1 Å². The van der Waals surface area contributed by atoms with Gasteiger partial charge in [0.15, 0.2) is 0 Å². The molecular weight excluding hydrogens is 311 g/mol. The Morgan fingerprint density at radius 1 is 1.58 bits per heavy atom. The number of hydrogen-bond donors (Lipinski definition) is 1. The number of nitrogens with zero attached hydrogens (tertiary/aromatic N) is 1. The van der Waals surface area contributed by atoms with Crippen molar-refractivity contribution in [1.82, 2.24) is 10.2 Å². The Hall–Kier alpha value is -0.940. The first-order chi connectivity index (χ1) is 9.15. The zero-order valence-corrected chi connectivity index (χ0v) is 12.5. The van der Waals surface area contributed by atoms with Crippen molar-refractivity contribution in [2.24, 2.45) is 0 Å². The first kappa shape index (κ1) is 14.5. The summed E-state index contributed by atoms with van der Waals surface area (Å²) in [5.74, 6) is -0.686. The summed E-state index contributed by atoms with van der Waals surface area (Å²) in [5, 5.41) is 3.25. The van der Waals surface area contributed by atoms with Crippen LogP contribution in [0.4, 0.5) is 4.39 Å². The molecular formula is C14H18BrFN2O. The van der Waals surface area contributed by atoms with Crippen molar-refractivity contribution in [1.29, 1.82) is 0 Å². The fraction of sp³-hybridized carbons (Fsp3) is 0.500. The van der Waals surface area contributed by atoms with Crippen molar-refractivity contribution < 1.29 is 9.18 Å². The molecule has 5 heteroatoms. The second-order valence-corrected chi connectivity index (χ2v) is 5.60. The lowest BCUT2D eigenvalue weighted by Gasteiger charge is -2.28. The smallest absolute Gasteiger partial charge is 0.257 e. The molecule has 19 heavy (non-hydrogen) atoms. The molecule has 1 N–H and O–H groups in total. The summed E-state index contributed by atoms with van der Waals surface area (Å²) in [5.41, 5.74) is 0.148. The van der Waals surface area contributed by atoms with E-state index in [9.17, 15) is 9.18 Å². The average Bonchev–Trinajstić information content (AvgIpc) is 2.92. The van der Waals surface area contributed by atoms with Gasteiger partial charge in [0.2, 0.25) is 0 Å². The zero-order chi connectivity index (χ0) is 13.8. The SMILES string of the molecule is CCCN(C(=O)c1cccc(Br)c1F)C1CCNC1. The van der Waals surface area contributed by atoms with Crippen LogP contribution in [0.2, 0.25) is 0 Å². The van der Waals surface area contributed by atoms with E-state index >= 15 is 0 Å². The molecule has 1 aromatic carbocycles. The number of benzene rings is 1. The second kappa shape index (κ2) is 6.48. The van der Waals surface area contributed by atoms with Crippen LogP contribution < -0.4 is 5.32 Å². The monoisotopic (exact) mass is 328 g/mol. The highest BCUT2D eigenvalue weighted by atomic mass is 79.9. The van der Waals surface area contributed by atoms with Gasteiger partial charge in [-0.25, -0.2) is 4.39 Å². The summed E-state index contributed by atoms with van der Waals surface area (Å²) in [6.45, 7) is 4.40. The van der Waals surface area contributed by atoms with E-state index in [0.717, 1.165) is 25.9 Å². The maximum Gasteiger partial charge on any atom is 0.257 e. The number of rotatable bonds is 4. The summed E-state index contributed by atoms with van der Waals surface area (Å²) in [4.78, 5) is 14.3. The second-order valence-electron chi connectivity index (χ2n) is 4.75. The van der Waals surface area contributed by atoms with Crippen LogP contribution >= 0.6 is 15.9 Å². The Bertz CT molecular complexity index is 461. The van der Waals surface area contributed by atoms with E-state index in [1.165, 1.54) is 0 Å². The van der Waals surface area contributed by atoms with Gasteiger partial charge in [-0.1, -0.05) is 13.0 Å². The average molecular weight is 329 g/mol. The minimum atomic E-state index is -0.473. The fourth-order valence-electron chi connectivity index (χ4n) is 2.42. The minimum absolute atomic E-state index is 0.148. The Kier molecular flexibility index (Phi) is 4.93. The lowest BCUT2D eigenvalue weighted by atomic mass is 10.1. The van der Waals surface area contributed by atoms with Crippen LogP contribution in [0.15, 0.2) is 22.7 Å². The highest BCUT2D eigenvalue weighted by Crippen LogP contribution is 2.21. The van der Waals surface area contributed by atoms with E-state index in [0.29, 0.717) is 11.0 Å². The molecule has 1 amide bonds. The summed E-state index contributed by atoms with van der Waals surface area (Å²) in [6.07, 6.45) is 1.80. The molecule has 1 saturated heterocycles. The molecule has 3 nitrogen and oxygen atoms in total. The molecule has 1 unspecified atom stereocenters. The minimum Gasteiger partial charge on any atom is -0.334 e. The van der Waals surface area contributed by atoms with Gasteiger partial charge in [0.05, 0.1) is 10.0 Å². The van der Waals surface area contributed by atoms with Gasteiger partial charge in [-0.3, -0.25) is 4.79 Å². The van der Waals surface area contributed by atoms with Crippen molar-refractivity contribution in [2.75, 3.05) is 19.6 Å². The van der Waals surface area contributed by atoms with Crippen LogP contribution in [-0.4, -0.2) is 36.5 Å². The van der Waals surface area contributed by atoms with Crippen LogP contribution in [-0.2, 0) is 0 Å². The van der Waals surface area contributed by atoms with Crippen LogP contribution in [0.1, 0.15) is 30.1 Å². The molecule has 1 aromatic rings. The number of carbonyl (C=O) groups is 1. The quantitative estimate of drug-likeness (QED) is 0.921. The topological polar surface area (TPSA) is 32.3 Å². The van der Waals surface area contributed by atoms with E-state index in [1.807, 2.05) is 6.92 Å². The molecule has 0 aliphatic carbocycles. The van der Waals surface area contributed by atoms with Gasteiger partial charge in [-0.2, -0.15) is 0 Å². The fourth-order valence-corrected chi connectivity index (χ4v) is 2.79. The Balaban J connectivity index is 2.25. The summed E-state index contributed by atoms with van der Waals surface area (Å²) in [7, 11) is 0. The predicted molar refractivity (Wildman–Crippen MR) is 76.7 cm³/mol. The van der Waals surface area contributed by atoms with Crippen LogP contribution in [0, 0.1) is 5.82 Å². The van der Waals surface area contributed by atoms with E-state index in [2.05, 4.69) is 21.2 Å². The molecule has 1 aliphatic heterocycles. The maximum atomic E-state index is 14.0. The van der Waals surface area contributed by atoms with E-state index in [1.54, 1.807) is 23.1 Å². The number of carbonyl (C=O) groups excluding carboxylic acids is 1. The third-order valence-corrected chi connectivity index (χ3v) is 3.99. The highest BCUT2D eigenvalue weighted by molar-refractivity contribution is 9.10. The lowest BCUT2D eigenvalue weighted by molar-refractivity contribution is 0.0687. The standard InChI is InChI=1S/C14H18BrFN2O/c1-2-8-18(10-6-7-17-9-10)14(19)11-4-3-5-12(15)13(11)16/h3-5,10,17H,2,6-9H2,1H3. The van der Waals surface area contributed by atoms with Crippen LogP contribution in [0.3, 0.4) is 0 Å². The number of halogens is 2. The number of hydrogen-bond acceptors (Lipinski definition) is 2. The first-order valence-electron chi connectivity index (χ1n) is 6.60. The van der Waals surface area contributed by atoms with Gasteiger partial charge < -0.3 is 10.2 Å². The molecule has 1 aliphatic rings. The molecule has 0 radical (unpaired) electrons. The third kappa shape index (κ3) is 3.15. The van der Waals surface area contributed by atoms with Crippen molar-refractivity contribution in [3.63, 3.8) is 0 Å². The van der Waals surface area contributed by atoms with Gasteiger partial charge >= 0.3 is 0 Å². The largest absolute Gasteiger partial charge is 0.334 e. The maximum absolute atomic E-state index is 14.0. The molecule has 0 bridgehead atoms. The molecule has 0 spiro atoms. The molecule has 104 valence electrons.